The number of aliphatic hydroxyl groups excluding tert-OH is 1. The normalized spacial score (nSPS) is 16.5. The van der Waals surface area contributed by atoms with E-state index in [9.17, 15) is 5.11 Å². The molecule has 0 aromatic heterocycles. The SMILES string of the molecule is CCCCC(CC)COCCCC(N)(CC)CO. The molecule has 3 N–H and O–H groups in total. The lowest BCUT2D eigenvalue weighted by atomic mass is 9.93. The maximum absolute atomic E-state index is 9.20. The molecule has 0 amide bonds. The molecule has 0 bridgehead atoms. The fraction of sp³-hybridized carbons (Fsp3) is 1.00. The Hall–Kier alpha value is -0.120. The molecule has 0 aromatic carbocycles. The first kappa shape index (κ1) is 17.9. The third-order valence-electron chi connectivity index (χ3n) is 3.88. The predicted octanol–water partition coefficient (Wildman–Crippen LogP) is 3.10. The van der Waals surface area contributed by atoms with E-state index >= 15 is 0 Å². The Morgan fingerprint density at radius 3 is 2.44 bits per heavy atom. The third kappa shape index (κ3) is 8.06. The summed E-state index contributed by atoms with van der Waals surface area (Å²) in [7, 11) is 0. The zero-order chi connectivity index (χ0) is 13.9. The topological polar surface area (TPSA) is 55.5 Å². The van der Waals surface area contributed by atoms with Gasteiger partial charge in [-0.25, -0.2) is 0 Å². The van der Waals surface area contributed by atoms with Crippen molar-refractivity contribution in [1.82, 2.24) is 0 Å². The van der Waals surface area contributed by atoms with Crippen LogP contribution in [0.5, 0.6) is 0 Å². The summed E-state index contributed by atoms with van der Waals surface area (Å²) >= 11 is 0. The van der Waals surface area contributed by atoms with E-state index in [-0.39, 0.29) is 6.61 Å². The molecule has 3 heteroatoms. The van der Waals surface area contributed by atoms with Crippen LogP contribution in [0.3, 0.4) is 0 Å². The van der Waals surface area contributed by atoms with Crippen LogP contribution in [0.25, 0.3) is 0 Å². The van der Waals surface area contributed by atoms with E-state index in [0.29, 0.717) is 5.92 Å². The number of nitrogens with two attached hydrogens (primary N) is 1. The highest BCUT2D eigenvalue weighted by Gasteiger charge is 2.20. The smallest absolute Gasteiger partial charge is 0.0611 e. The zero-order valence-electron chi connectivity index (χ0n) is 12.6. The van der Waals surface area contributed by atoms with Crippen molar-refractivity contribution in [2.24, 2.45) is 11.7 Å². The summed E-state index contributed by atoms with van der Waals surface area (Å²) in [6.07, 6.45) is 7.64. The Morgan fingerprint density at radius 2 is 1.94 bits per heavy atom. The molecule has 0 aliphatic rings. The molecular formula is C15H33NO2. The van der Waals surface area contributed by atoms with Crippen molar-refractivity contribution in [3.8, 4) is 0 Å². The van der Waals surface area contributed by atoms with Crippen LogP contribution < -0.4 is 5.73 Å². The van der Waals surface area contributed by atoms with Gasteiger partial charge in [-0.15, -0.1) is 0 Å². The van der Waals surface area contributed by atoms with Gasteiger partial charge in [0.15, 0.2) is 0 Å². The average Bonchev–Trinajstić information content (AvgIpc) is 2.41. The molecular weight excluding hydrogens is 226 g/mol. The highest BCUT2D eigenvalue weighted by Crippen LogP contribution is 2.15. The number of hydrogen-bond acceptors (Lipinski definition) is 3. The monoisotopic (exact) mass is 259 g/mol. The second kappa shape index (κ2) is 10.8. The number of hydrogen-bond donors (Lipinski definition) is 2. The van der Waals surface area contributed by atoms with Crippen molar-refractivity contribution in [3.05, 3.63) is 0 Å². The van der Waals surface area contributed by atoms with Gasteiger partial charge in [0.05, 0.1) is 6.61 Å². The lowest BCUT2D eigenvalue weighted by Crippen LogP contribution is -2.43. The number of aliphatic hydroxyl groups is 1. The molecule has 3 nitrogen and oxygen atoms in total. The largest absolute Gasteiger partial charge is 0.394 e. The molecule has 0 radical (unpaired) electrons. The zero-order valence-corrected chi connectivity index (χ0v) is 12.6. The van der Waals surface area contributed by atoms with Crippen LogP contribution in [0.2, 0.25) is 0 Å². The molecule has 0 aromatic rings. The molecule has 0 rings (SSSR count). The van der Waals surface area contributed by atoms with Crippen LogP contribution in [0.4, 0.5) is 0 Å². The van der Waals surface area contributed by atoms with Gasteiger partial charge in [0.2, 0.25) is 0 Å². The van der Waals surface area contributed by atoms with E-state index in [4.69, 9.17) is 10.5 Å². The van der Waals surface area contributed by atoms with E-state index in [2.05, 4.69) is 13.8 Å². The molecule has 110 valence electrons. The molecule has 0 aliphatic carbocycles. The van der Waals surface area contributed by atoms with E-state index in [1.54, 1.807) is 0 Å². The van der Waals surface area contributed by atoms with Crippen LogP contribution in [0, 0.1) is 5.92 Å². The third-order valence-corrected chi connectivity index (χ3v) is 3.88. The molecule has 0 saturated heterocycles. The van der Waals surface area contributed by atoms with Gasteiger partial charge in [0.25, 0.3) is 0 Å². The number of ether oxygens (including phenoxy) is 1. The first-order valence-electron chi connectivity index (χ1n) is 7.59. The summed E-state index contributed by atoms with van der Waals surface area (Å²) in [6, 6.07) is 0. The summed E-state index contributed by atoms with van der Waals surface area (Å²) < 4.78 is 5.73. The van der Waals surface area contributed by atoms with Gasteiger partial charge in [-0.3, -0.25) is 0 Å². The summed E-state index contributed by atoms with van der Waals surface area (Å²) in [5, 5.41) is 9.20. The molecule has 0 aliphatic heterocycles. The Bertz CT molecular complexity index is 181. The van der Waals surface area contributed by atoms with Gasteiger partial charge < -0.3 is 15.6 Å². The second-order valence-electron chi connectivity index (χ2n) is 5.47. The Kier molecular flexibility index (Phi) is 10.7. The van der Waals surface area contributed by atoms with Crippen LogP contribution in [0.15, 0.2) is 0 Å². The molecule has 2 unspecified atom stereocenters. The molecule has 0 fully saturated rings. The first-order valence-corrected chi connectivity index (χ1v) is 7.59. The van der Waals surface area contributed by atoms with E-state index < -0.39 is 5.54 Å². The van der Waals surface area contributed by atoms with Gasteiger partial charge in [-0.2, -0.15) is 0 Å². The van der Waals surface area contributed by atoms with Crippen LogP contribution >= 0.6 is 0 Å². The Labute approximate surface area is 113 Å². The van der Waals surface area contributed by atoms with Crippen molar-refractivity contribution in [1.29, 1.82) is 0 Å². The molecule has 0 spiro atoms. The lowest BCUT2D eigenvalue weighted by Gasteiger charge is -2.25. The summed E-state index contributed by atoms with van der Waals surface area (Å²) in [4.78, 5) is 0. The Balaban J connectivity index is 3.59. The number of unbranched alkanes of at least 4 members (excludes halogenated alkanes) is 1. The summed E-state index contributed by atoms with van der Waals surface area (Å²) in [5.41, 5.74) is 5.62. The van der Waals surface area contributed by atoms with E-state index in [1.807, 2.05) is 6.92 Å². The van der Waals surface area contributed by atoms with Crippen LogP contribution in [0.1, 0.15) is 65.7 Å². The highest BCUT2D eigenvalue weighted by molar-refractivity contribution is 4.81. The minimum atomic E-state index is -0.407. The lowest BCUT2D eigenvalue weighted by molar-refractivity contribution is 0.0827. The van der Waals surface area contributed by atoms with Crippen LogP contribution in [-0.2, 0) is 4.74 Å². The van der Waals surface area contributed by atoms with Gasteiger partial charge in [0.1, 0.15) is 0 Å². The molecule has 18 heavy (non-hydrogen) atoms. The van der Waals surface area contributed by atoms with Gasteiger partial charge >= 0.3 is 0 Å². The highest BCUT2D eigenvalue weighted by atomic mass is 16.5. The maximum Gasteiger partial charge on any atom is 0.0611 e. The van der Waals surface area contributed by atoms with Crippen molar-refractivity contribution >= 4 is 0 Å². The summed E-state index contributed by atoms with van der Waals surface area (Å²) in [6.45, 7) is 8.19. The number of rotatable bonds is 12. The van der Waals surface area contributed by atoms with E-state index in [1.165, 1.54) is 25.7 Å². The van der Waals surface area contributed by atoms with E-state index in [0.717, 1.165) is 32.5 Å². The fourth-order valence-corrected chi connectivity index (χ4v) is 2.04. The molecule has 2 atom stereocenters. The fourth-order valence-electron chi connectivity index (χ4n) is 2.04. The first-order chi connectivity index (χ1) is 8.61. The predicted molar refractivity (Wildman–Crippen MR) is 77.7 cm³/mol. The minimum Gasteiger partial charge on any atom is -0.394 e. The standard InChI is InChI=1S/C15H33NO2/c1-4-7-9-14(5-2)12-18-11-8-10-15(16,6-3)13-17/h14,17H,4-13,16H2,1-3H3. The summed E-state index contributed by atoms with van der Waals surface area (Å²) in [5.74, 6) is 0.705. The molecule has 0 heterocycles. The average molecular weight is 259 g/mol. The van der Waals surface area contributed by atoms with Gasteiger partial charge in [0, 0.05) is 18.8 Å². The van der Waals surface area contributed by atoms with Crippen molar-refractivity contribution in [3.63, 3.8) is 0 Å². The minimum absolute atomic E-state index is 0.0670. The van der Waals surface area contributed by atoms with Crippen molar-refractivity contribution in [2.45, 2.75) is 71.3 Å². The van der Waals surface area contributed by atoms with Gasteiger partial charge in [-0.1, -0.05) is 40.0 Å². The Morgan fingerprint density at radius 1 is 1.22 bits per heavy atom. The molecule has 0 saturated carbocycles. The van der Waals surface area contributed by atoms with Gasteiger partial charge in [-0.05, 0) is 31.6 Å². The van der Waals surface area contributed by atoms with Crippen LogP contribution in [-0.4, -0.2) is 30.5 Å². The quantitative estimate of drug-likeness (QED) is 0.530. The maximum atomic E-state index is 9.20. The second-order valence-corrected chi connectivity index (χ2v) is 5.47. The van der Waals surface area contributed by atoms with Crippen molar-refractivity contribution < 1.29 is 9.84 Å². The van der Waals surface area contributed by atoms with Crippen molar-refractivity contribution in [2.75, 3.05) is 19.8 Å².